The lowest BCUT2D eigenvalue weighted by atomic mass is 10.1. The fourth-order valence-corrected chi connectivity index (χ4v) is 5.73. The van der Waals surface area contributed by atoms with Crippen LogP contribution >= 0.6 is 11.6 Å². The summed E-state index contributed by atoms with van der Waals surface area (Å²) in [5.41, 5.74) is 3.34. The van der Waals surface area contributed by atoms with Gasteiger partial charge in [-0.05, 0) is 56.0 Å². The Hall–Kier alpha value is -3.79. The Kier molecular flexibility index (Phi) is 8.27. The average Bonchev–Trinajstić information content (AvgIpc) is 3.60. The van der Waals surface area contributed by atoms with Gasteiger partial charge < -0.3 is 29.8 Å². The summed E-state index contributed by atoms with van der Waals surface area (Å²) in [6.45, 7) is 5.67. The van der Waals surface area contributed by atoms with Crippen LogP contribution in [-0.4, -0.2) is 72.5 Å². The topological polar surface area (TPSA) is 107 Å². The number of benzene rings is 1. The van der Waals surface area contributed by atoms with E-state index in [1.54, 1.807) is 12.5 Å². The Morgan fingerprint density at radius 1 is 1.10 bits per heavy atom. The first-order valence-electron chi connectivity index (χ1n) is 14.5. The van der Waals surface area contributed by atoms with E-state index in [1.165, 1.54) is 0 Å². The number of amides is 2. The molecule has 2 amide bonds. The maximum absolute atomic E-state index is 13.0. The Balaban J connectivity index is 1.12. The van der Waals surface area contributed by atoms with Crippen LogP contribution in [0.25, 0.3) is 0 Å². The molecule has 0 bridgehead atoms. The highest BCUT2D eigenvalue weighted by Gasteiger charge is 2.28. The number of carbonyl (C=O) groups is 2. The van der Waals surface area contributed by atoms with Crippen molar-refractivity contribution in [3.8, 4) is 0 Å². The van der Waals surface area contributed by atoms with E-state index in [-0.39, 0.29) is 11.8 Å². The van der Waals surface area contributed by atoms with Gasteiger partial charge >= 0.3 is 0 Å². The molecule has 1 aromatic carbocycles. The predicted octanol–water partition coefficient (Wildman–Crippen LogP) is 4.28. The van der Waals surface area contributed by atoms with Crippen LogP contribution in [0.1, 0.15) is 60.0 Å². The molecule has 216 valence electrons. The summed E-state index contributed by atoms with van der Waals surface area (Å²) in [5.74, 6) is 2.17. The van der Waals surface area contributed by atoms with Crippen molar-refractivity contribution < 1.29 is 14.0 Å². The maximum Gasteiger partial charge on any atom is 0.251 e. The number of rotatable bonds is 11. The molecule has 2 saturated heterocycles. The van der Waals surface area contributed by atoms with E-state index in [4.69, 9.17) is 16.0 Å². The molecule has 2 N–H and O–H groups in total. The summed E-state index contributed by atoms with van der Waals surface area (Å²) in [7, 11) is 0. The standard InChI is InChI=1S/C30H36ClN7O3/c31-24-4-1-10-32-28(24)38-16-14-36(15-17-38)26-9-8-22(29(40)33-11-3-13-37-12-2-5-27(37)39)18-25(26)34-19-23-20-41-30(35-23)21-6-7-21/h1,4,8-10,18,20-21,34H,2-3,5-7,11-17,19H2,(H,33,40). The van der Waals surface area contributed by atoms with Gasteiger partial charge in [-0.15, -0.1) is 0 Å². The van der Waals surface area contributed by atoms with Gasteiger partial charge in [-0.25, -0.2) is 9.97 Å². The van der Waals surface area contributed by atoms with Crippen LogP contribution in [-0.2, 0) is 11.3 Å². The van der Waals surface area contributed by atoms with E-state index in [0.29, 0.717) is 42.6 Å². The molecule has 0 unspecified atom stereocenters. The second-order valence-corrected chi connectivity index (χ2v) is 11.3. The predicted molar refractivity (Wildman–Crippen MR) is 159 cm³/mol. The van der Waals surface area contributed by atoms with Crippen LogP contribution in [0.5, 0.6) is 0 Å². The molecule has 4 heterocycles. The fourth-order valence-electron chi connectivity index (χ4n) is 5.49. The van der Waals surface area contributed by atoms with Gasteiger partial charge in [0.15, 0.2) is 5.89 Å². The van der Waals surface area contributed by atoms with Crippen LogP contribution in [0.3, 0.4) is 0 Å². The highest BCUT2D eigenvalue weighted by molar-refractivity contribution is 6.32. The van der Waals surface area contributed by atoms with Crippen molar-refractivity contribution in [1.82, 2.24) is 20.2 Å². The molecule has 0 spiro atoms. The van der Waals surface area contributed by atoms with Crippen molar-refractivity contribution >= 4 is 40.6 Å². The molecule has 3 aliphatic rings. The van der Waals surface area contributed by atoms with Gasteiger partial charge in [-0.2, -0.15) is 0 Å². The number of oxazole rings is 1. The Morgan fingerprint density at radius 2 is 1.93 bits per heavy atom. The molecule has 3 fully saturated rings. The summed E-state index contributed by atoms with van der Waals surface area (Å²) in [5, 5.41) is 7.20. The minimum atomic E-state index is -0.126. The Labute approximate surface area is 245 Å². The first-order valence-corrected chi connectivity index (χ1v) is 14.9. The van der Waals surface area contributed by atoms with Gasteiger partial charge in [-0.3, -0.25) is 9.59 Å². The molecule has 3 aromatic rings. The van der Waals surface area contributed by atoms with Gasteiger partial charge in [-0.1, -0.05) is 11.6 Å². The van der Waals surface area contributed by atoms with Gasteiger partial charge in [0.05, 0.1) is 28.6 Å². The summed E-state index contributed by atoms with van der Waals surface area (Å²) < 4.78 is 5.68. The van der Waals surface area contributed by atoms with Crippen molar-refractivity contribution in [3.05, 3.63) is 65.0 Å². The molecule has 1 saturated carbocycles. The second-order valence-electron chi connectivity index (χ2n) is 10.9. The number of carbonyl (C=O) groups excluding carboxylic acids is 2. The van der Waals surface area contributed by atoms with Crippen LogP contribution in [0.15, 0.2) is 47.2 Å². The number of halogens is 1. The minimum absolute atomic E-state index is 0.126. The normalized spacial score (nSPS) is 17.3. The Bertz CT molecular complexity index is 1380. The van der Waals surface area contributed by atoms with E-state index in [2.05, 4.69) is 30.4 Å². The fraction of sp³-hybridized carbons (Fsp3) is 0.467. The molecule has 10 nitrogen and oxygen atoms in total. The summed E-state index contributed by atoms with van der Waals surface area (Å²) in [6, 6.07) is 9.52. The van der Waals surface area contributed by atoms with Crippen molar-refractivity contribution in [2.75, 3.05) is 60.9 Å². The zero-order valence-electron chi connectivity index (χ0n) is 23.1. The molecular formula is C30H36ClN7O3. The highest BCUT2D eigenvalue weighted by Crippen LogP contribution is 2.39. The largest absolute Gasteiger partial charge is 0.448 e. The van der Waals surface area contributed by atoms with Crippen LogP contribution in [0.2, 0.25) is 5.02 Å². The lowest BCUT2D eigenvalue weighted by molar-refractivity contribution is -0.127. The number of hydrogen-bond acceptors (Lipinski definition) is 8. The van der Waals surface area contributed by atoms with E-state index in [0.717, 1.165) is 87.2 Å². The van der Waals surface area contributed by atoms with Crippen molar-refractivity contribution in [2.24, 2.45) is 0 Å². The zero-order valence-corrected chi connectivity index (χ0v) is 23.9. The first kappa shape index (κ1) is 27.4. The van der Waals surface area contributed by atoms with E-state index < -0.39 is 0 Å². The second kappa shape index (κ2) is 12.4. The van der Waals surface area contributed by atoms with E-state index >= 15 is 0 Å². The molecule has 2 aromatic heterocycles. The molecule has 41 heavy (non-hydrogen) atoms. The number of hydrogen-bond donors (Lipinski definition) is 2. The molecule has 11 heteroatoms. The molecule has 1 aliphatic carbocycles. The maximum atomic E-state index is 13.0. The van der Waals surface area contributed by atoms with Crippen molar-refractivity contribution in [2.45, 2.75) is 44.6 Å². The van der Waals surface area contributed by atoms with E-state index in [1.807, 2.05) is 35.2 Å². The van der Waals surface area contributed by atoms with Crippen LogP contribution in [0, 0.1) is 0 Å². The molecule has 0 radical (unpaired) electrons. The number of nitrogens with one attached hydrogen (secondary N) is 2. The zero-order chi connectivity index (χ0) is 28.2. The van der Waals surface area contributed by atoms with Crippen molar-refractivity contribution in [3.63, 3.8) is 0 Å². The van der Waals surface area contributed by atoms with Gasteiger partial charge in [0, 0.05) is 69.9 Å². The monoisotopic (exact) mass is 577 g/mol. The van der Waals surface area contributed by atoms with Crippen LogP contribution < -0.4 is 20.4 Å². The van der Waals surface area contributed by atoms with Crippen LogP contribution in [0.4, 0.5) is 17.2 Å². The number of nitrogens with zero attached hydrogens (tertiary/aromatic N) is 5. The number of aromatic nitrogens is 2. The summed E-state index contributed by atoms with van der Waals surface area (Å²) >= 11 is 6.40. The lowest BCUT2D eigenvalue weighted by Crippen LogP contribution is -2.47. The van der Waals surface area contributed by atoms with Gasteiger partial charge in [0.25, 0.3) is 5.91 Å². The number of likely N-dealkylation sites (tertiary alicyclic amines) is 1. The summed E-state index contributed by atoms with van der Waals surface area (Å²) in [4.78, 5) is 40.4. The molecule has 6 rings (SSSR count). The van der Waals surface area contributed by atoms with Crippen molar-refractivity contribution in [1.29, 1.82) is 0 Å². The molecular weight excluding hydrogens is 542 g/mol. The lowest BCUT2D eigenvalue weighted by Gasteiger charge is -2.38. The van der Waals surface area contributed by atoms with Gasteiger partial charge in [0.1, 0.15) is 12.1 Å². The quantitative estimate of drug-likeness (QED) is 0.325. The number of piperazine rings is 1. The highest BCUT2D eigenvalue weighted by atomic mass is 35.5. The Morgan fingerprint density at radius 3 is 2.68 bits per heavy atom. The molecule has 2 aliphatic heterocycles. The third-order valence-electron chi connectivity index (χ3n) is 7.94. The SMILES string of the molecule is O=C(NCCCN1CCCC1=O)c1ccc(N2CCN(c3ncccc3Cl)CC2)c(NCc2coc(C3CC3)n2)c1. The van der Waals surface area contributed by atoms with E-state index in [9.17, 15) is 9.59 Å². The number of anilines is 3. The van der Waals surface area contributed by atoms with Gasteiger partial charge in [0.2, 0.25) is 5.91 Å². The first-order chi connectivity index (χ1) is 20.0. The summed E-state index contributed by atoms with van der Waals surface area (Å²) in [6.07, 6.45) is 8.06. The molecule has 0 atom stereocenters. The smallest absolute Gasteiger partial charge is 0.251 e. The third kappa shape index (κ3) is 6.59. The third-order valence-corrected chi connectivity index (χ3v) is 8.23. The number of pyridine rings is 1. The average molecular weight is 578 g/mol. The minimum Gasteiger partial charge on any atom is -0.448 e.